The van der Waals surface area contributed by atoms with Crippen molar-refractivity contribution in [2.75, 3.05) is 30.4 Å². The second kappa shape index (κ2) is 8.09. The zero-order valence-electron chi connectivity index (χ0n) is 13.3. The highest BCUT2D eigenvalue weighted by Crippen LogP contribution is 2.31. The number of alkyl halides is 1. The molecule has 0 fully saturated rings. The van der Waals surface area contributed by atoms with Gasteiger partial charge in [0.25, 0.3) is 0 Å². The fourth-order valence-electron chi connectivity index (χ4n) is 2.74. The lowest BCUT2D eigenvalue weighted by Gasteiger charge is -2.23. The Balaban J connectivity index is 2.08. The molecule has 0 radical (unpaired) electrons. The first kappa shape index (κ1) is 18.1. The van der Waals surface area contributed by atoms with Crippen molar-refractivity contribution in [3.63, 3.8) is 0 Å². The van der Waals surface area contributed by atoms with Gasteiger partial charge >= 0.3 is 6.03 Å². The van der Waals surface area contributed by atoms with Crippen molar-refractivity contribution in [2.45, 2.75) is 0 Å². The minimum Gasteiger partial charge on any atom is -0.336 e. The summed E-state index contributed by atoms with van der Waals surface area (Å²) >= 11 is 18.2. The quantitative estimate of drug-likeness (QED) is 0.757. The molecule has 2 aromatic rings. The number of hydrogen-bond acceptors (Lipinski definition) is 2. The number of aliphatic imine (C=N–C) groups is 1. The van der Waals surface area contributed by atoms with Crippen LogP contribution in [0.2, 0.25) is 10.0 Å². The van der Waals surface area contributed by atoms with Crippen LogP contribution in [0.3, 0.4) is 0 Å². The molecule has 0 spiro atoms. The number of anilines is 1. The molecule has 0 aliphatic carbocycles. The molecule has 4 nitrogen and oxygen atoms in total. The van der Waals surface area contributed by atoms with Gasteiger partial charge in [-0.1, -0.05) is 41.4 Å². The fourth-order valence-corrected chi connectivity index (χ4v) is 3.24. The molecule has 0 bridgehead atoms. The molecule has 0 aromatic heterocycles. The topological polar surface area (TPSA) is 44.7 Å². The van der Waals surface area contributed by atoms with E-state index in [1.54, 1.807) is 11.0 Å². The maximum atomic E-state index is 12.5. The minimum atomic E-state index is -0.208. The van der Waals surface area contributed by atoms with Crippen molar-refractivity contribution in [1.29, 1.82) is 0 Å². The van der Waals surface area contributed by atoms with Crippen molar-refractivity contribution < 1.29 is 4.79 Å². The van der Waals surface area contributed by atoms with Crippen LogP contribution < -0.4 is 10.2 Å². The number of benzodiazepines with no additional fused rings is 1. The summed E-state index contributed by atoms with van der Waals surface area (Å²) in [4.78, 5) is 18.8. The predicted octanol–water partition coefficient (Wildman–Crippen LogP) is 4.60. The summed E-state index contributed by atoms with van der Waals surface area (Å²) in [6, 6.07) is 12.7. The van der Waals surface area contributed by atoms with E-state index < -0.39 is 0 Å². The van der Waals surface area contributed by atoms with Gasteiger partial charge in [0.2, 0.25) is 0 Å². The largest absolute Gasteiger partial charge is 0.336 e. The lowest BCUT2D eigenvalue weighted by molar-refractivity contribution is 0.247. The Labute approximate surface area is 161 Å². The summed E-state index contributed by atoms with van der Waals surface area (Å²) in [5.74, 6) is 0.356. The molecule has 1 aliphatic rings. The Kier molecular flexibility index (Phi) is 5.84. The SMILES string of the molecule is O=C(NCCCl)N1CCN=C(c2ccccc2Cl)c2cc(Cl)ccc21. The molecule has 0 unspecified atom stereocenters. The van der Waals surface area contributed by atoms with Crippen molar-refractivity contribution >= 4 is 52.2 Å². The number of halogens is 3. The van der Waals surface area contributed by atoms with Crippen LogP contribution in [0.5, 0.6) is 0 Å². The number of fused-ring (bicyclic) bond motifs is 1. The van der Waals surface area contributed by atoms with Gasteiger partial charge in [-0.2, -0.15) is 0 Å². The number of amides is 2. The summed E-state index contributed by atoms with van der Waals surface area (Å²) in [7, 11) is 0. The van der Waals surface area contributed by atoms with Crippen molar-refractivity contribution in [3.8, 4) is 0 Å². The first-order chi connectivity index (χ1) is 12.1. The van der Waals surface area contributed by atoms with Gasteiger partial charge in [0, 0.05) is 40.1 Å². The number of nitrogens with one attached hydrogen (secondary N) is 1. The van der Waals surface area contributed by atoms with Crippen molar-refractivity contribution in [1.82, 2.24) is 5.32 Å². The maximum Gasteiger partial charge on any atom is 0.321 e. The summed E-state index contributed by atoms with van der Waals surface area (Å²) in [5.41, 5.74) is 3.07. The summed E-state index contributed by atoms with van der Waals surface area (Å²) in [6.07, 6.45) is 0. The van der Waals surface area contributed by atoms with Gasteiger partial charge in [0.05, 0.1) is 17.9 Å². The average molecular weight is 397 g/mol. The zero-order valence-corrected chi connectivity index (χ0v) is 15.6. The third-order valence-corrected chi connectivity index (χ3v) is 4.60. The molecule has 25 heavy (non-hydrogen) atoms. The highest BCUT2D eigenvalue weighted by Gasteiger charge is 2.25. The van der Waals surface area contributed by atoms with E-state index in [9.17, 15) is 4.79 Å². The van der Waals surface area contributed by atoms with Gasteiger partial charge in [-0.05, 0) is 24.3 Å². The van der Waals surface area contributed by atoms with E-state index >= 15 is 0 Å². The Bertz CT molecular complexity index is 823. The van der Waals surface area contributed by atoms with Gasteiger partial charge in [-0.3, -0.25) is 9.89 Å². The van der Waals surface area contributed by atoms with Gasteiger partial charge in [-0.15, -0.1) is 11.6 Å². The molecular formula is C18H16Cl3N3O. The molecule has 2 aromatic carbocycles. The monoisotopic (exact) mass is 395 g/mol. The van der Waals surface area contributed by atoms with Crippen LogP contribution in [0.15, 0.2) is 47.5 Å². The van der Waals surface area contributed by atoms with Crippen molar-refractivity contribution in [3.05, 3.63) is 63.6 Å². The van der Waals surface area contributed by atoms with Gasteiger partial charge in [0.1, 0.15) is 0 Å². The lowest BCUT2D eigenvalue weighted by atomic mass is 10.00. The van der Waals surface area contributed by atoms with Gasteiger partial charge in [-0.25, -0.2) is 4.79 Å². The van der Waals surface area contributed by atoms with E-state index in [0.717, 1.165) is 22.5 Å². The number of nitrogens with zero attached hydrogens (tertiary/aromatic N) is 2. The molecule has 0 saturated heterocycles. The first-order valence-electron chi connectivity index (χ1n) is 7.82. The predicted molar refractivity (Wildman–Crippen MR) is 105 cm³/mol. The molecule has 3 rings (SSSR count). The van der Waals surface area contributed by atoms with Gasteiger partial charge < -0.3 is 5.32 Å². The van der Waals surface area contributed by atoms with Crippen LogP contribution >= 0.6 is 34.8 Å². The number of urea groups is 1. The second-order valence-corrected chi connectivity index (χ2v) is 6.67. The van der Waals surface area contributed by atoms with E-state index in [-0.39, 0.29) is 6.03 Å². The molecule has 2 amide bonds. The molecule has 7 heteroatoms. The number of rotatable bonds is 3. The molecule has 0 saturated carbocycles. The highest BCUT2D eigenvalue weighted by molar-refractivity contribution is 6.36. The van der Waals surface area contributed by atoms with Crippen LogP contribution in [0.4, 0.5) is 10.5 Å². The van der Waals surface area contributed by atoms with E-state index in [1.807, 2.05) is 36.4 Å². The molecule has 130 valence electrons. The van der Waals surface area contributed by atoms with E-state index in [4.69, 9.17) is 34.8 Å². The molecule has 0 atom stereocenters. The van der Waals surface area contributed by atoms with Crippen LogP contribution in [0.25, 0.3) is 0 Å². The standard InChI is InChI=1S/C18H16Cl3N3O/c19-7-8-23-18(25)24-10-9-22-17(13-3-1-2-4-15(13)21)14-11-12(20)5-6-16(14)24/h1-6,11H,7-10H2,(H,23,25). The molecule has 1 aliphatic heterocycles. The summed E-state index contributed by atoms with van der Waals surface area (Å²) < 4.78 is 0. The zero-order chi connectivity index (χ0) is 17.8. The van der Waals surface area contributed by atoms with Crippen molar-refractivity contribution in [2.24, 2.45) is 4.99 Å². The fraction of sp³-hybridized carbons (Fsp3) is 0.222. The minimum absolute atomic E-state index is 0.208. The summed E-state index contributed by atoms with van der Waals surface area (Å²) in [6.45, 7) is 1.32. The Morgan fingerprint density at radius 3 is 2.72 bits per heavy atom. The Morgan fingerprint density at radius 2 is 1.96 bits per heavy atom. The number of carbonyl (C=O) groups is 1. The number of hydrogen-bond donors (Lipinski definition) is 1. The van der Waals surface area contributed by atoms with Crippen LogP contribution in [0.1, 0.15) is 11.1 Å². The maximum absolute atomic E-state index is 12.5. The molecule has 1 heterocycles. The second-order valence-electron chi connectivity index (χ2n) is 5.44. The molecular weight excluding hydrogens is 381 g/mol. The Morgan fingerprint density at radius 1 is 1.16 bits per heavy atom. The smallest absolute Gasteiger partial charge is 0.321 e. The third-order valence-electron chi connectivity index (χ3n) is 3.84. The van der Waals surface area contributed by atoms with E-state index in [2.05, 4.69) is 10.3 Å². The first-order valence-corrected chi connectivity index (χ1v) is 9.11. The lowest BCUT2D eigenvalue weighted by Crippen LogP contribution is -2.42. The normalized spacial score (nSPS) is 13.7. The van der Waals surface area contributed by atoms with E-state index in [1.165, 1.54) is 0 Å². The third kappa shape index (κ3) is 3.92. The van der Waals surface area contributed by atoms with Crippen LogP contribution in [-0.2, 0) is 0 Å². The highest BCUT2D eigenvalue weighted by atomic mass is 35.5. The molecule has 1 N–H and O–H groups in total. The van der Waals surface area contributed by atoms with Crippen LogP contribution in [-0.4, -0.2) is 37.3 Å². The number of benzene rings is 2. The van der Waals surface area contributed by atoms with Crippen LogP contribution in [0, 0.1) is 0 Å². The van der Waals surface area contributed by atoms with Gasteiger partial charge in [0.15, 0.2) is 0 Å². The number of carbonyl (C=O) groups excluding carboxylic acids is 1. The summed E-state index contributed by atoms with van der Waals surface area (Å²) in [5, 5.41) is 3.97. The Hall–Kier alpha value is -1.75. The van der Waals surface area contributed by atoms with E-state index in [0.29, 0.717) is 35.6 Å². The average Bonchev–Trinajstić information content (AvgIpc) is 2.79.